The normalized spacial score (nSPS) is 23.0. The van der Waals surface area contributed by atoms with Gasteiger partial charge in [0.25, 0.3) is 0 Å². The fraction of sp³-hybridized carbons (Fsp3) is 0.778. The molecule has 1 aliphatic carbocycles. The lowest BCUT2D eigenvalue weighted by Crippen LogP contribution is -2.03. The Balaban J connectivity index is 2.56. The molecular formula is C9H17N. The molecule has 1 heteroatoms. The molecule has 1 fully saturated rings. The van der Waals surface area contributed by atoms with E-state index < -0.39 is 0 Å². The summed E-state index contributed by atoms with van der Waals surface area (Å²) in [5.41, 5.74) is 8.16. The highest BCUT2D eigenvalue weighted by atomic mass is 14.6. The van der Waals surface area contributed by atoms with Crippen molar-refractivity contribution in [3.05, 3.63) is 11.3 Å². The van der Waals surface area contributed by atoms with Crippen molar-refractivity contribution in [1.82, 2.24) is 0 Å². The molecule has 0 bridgehead atoms. The van der Waals surface area contributed by atoms with Crippen LogP contribution in [0.2, 0.25) is 0 Å². The first kappa shape index (κ1) is 7.64. The summed E-state index contributed by atoms with van der Waals surface area (Å²) in [5.74, 6) is 0.810. The molecule has 0 aromatic carbocycles. The van der Waals surface area contributed by atoms with Crippen molar-refractivity contribution in [2.24, 2.45) is 11.7 Å². The highest BCUT2D eigenvalue weighted by molar-refractivity contribution is 5.10. The van der Waals surface area contributed by atoms with E-state index in [4.69, 9.17) is 5.73 Å². The lowest BCUT2D eigenvalue weighted by molar-refractivity contribution is 0.634. The Morgan fingerprint density at radius 2 is 1.70 bits per heavy atom. The van der Waals surface area contributed by atoms with Crippen LogP contribution in [-0.2, 0) is 0 Å². The second kappa shape index (κ2) is 3.09. The van der Waals surface area contributed by atoms with Crippen molar-refractivity contribution < 1.29 is 0 Å². The molecule has 10 heavy (non-hydrogen) atoms. The van der Waals surface area contributed by atoms with E-state index in [2.05, 4.69) is 6.92 Å². The van der Waals surface area contributed by atoms with Gasteiger partial charge in [0.1, 0.15) is 0 Å². The van der Waals surface area contributed by atoms with Gasteiger partial charge in [0.05, 0.1) is 0 Å². The second-order valence-corrected chi connectivity index (χ2v) is 3.35. The molecule has 0 aromatic heterocycles. The summed E-state index contributed by atoms with van der Waals surface area (Å²) in [6.07, 6.45) is 5.52. The minimum Gasteiger partial charge on any atom is -0.402 e. The number of hydrogen-bond acceptors (Lipinski definition) is 1. The Bertz CT molecular complexity index is 137. The Morgan fingerprint density at radius 1 is 1.20 bits per heavy atom. The molecule has 2 N–H and O–H groups in total. The van der Waals surface area contributed by atoms with Gasteiger partial charge in [-0.3, -0.25) is 0 Å². The van der Waals surface area contributed by atoms with Gasteiger partial charge in [-0.15, -0.1) is 0 Å². The van der Waals surface area contributed by atoms with E-state index in [-0.39, 0.29) is 0 Å². The molecule has 58 valence electrons. The minimum absolute atomic E-state index is 0.810. The van der Waals surface area contributed by atoms with Gasteiger partial charge in [0, 0.05) is 5.70 Å². The van der Waals surface area contributed by atoms with Crippen molar-refractivity contribution in [3.63, 3.8) is 0 Å². The molecule has 1 aliphatic rings. The lowest BCUT2D eigenvalue weighted by atomic mass is 9.98. The van der Waals surface area contributed by atoms with Crippen molar-refractivity contribution in [1.29, 1.82) is 0 Å². The van der Waals surface area contributed by atoms with Gasteiger partial charge in [0.2, 0.25) is 0 Å². The molecular weight excluding hydrogens is 122 g/mol. The molecule has 0 radical (unpaired) electrons. The van der Waals surface area contributed by atoms with Crippen LogP contribution in [0.1, 0.15) is 39.5 Å². The Labute approximate surface area is 63.3 Å². The highest BCUT2D eigenvalue weighted by Crippen LogP contribution is 2.31. The van der Waals surface area contributed by atoms with Crippen LogP contribution in [0.25, 0.3) is 0 Å². The van der Waals surface area contributed by atoms with Crippen LogP contribution < -0.4 is 5.73 Å². The maximum Gasteiger partial charge on any atom is 0.00407 e. The minimum atomic E-state index is 0.810. The number of hydrogen-bond donors (Lipinski definition) is 1. The Hall–Kier alpha value is -0.460. The van der Waals surface area contributed by atoms with Crippen molar-refractivity contribution in [3.8, 4) is 0 Å². The van der Waals surface area contributed by atoms with Crippen LogP contribution in [0.3, 0.4) is 0 Å². The standard InChI is InChI=1S/C9H17N/c1-7(8(2)10)9-5-3-4-6-9/h9H,3-6,10H2,1-2H3/b8-7+. The van der Waals surface area contributed by atoms with E-state index in [9.17, 15) is 0 Å². The van der Waals surface area contributed by atoms with E-state index in [1.807, 2.05) is 6.92 Å². The smallest absolute Gasteiger partial charge is 0.00407 e. The summed E-state index contributed by atoms with van der Waals surface area (Å²) in [7, 11) is 0. The monoisotopic (exact) mass is 139 g/mol. The quantitative estimate of drug-likeness (QED) is 0.593. The molecule has 0 amide bonds. The summed E-state index contributed by atoms with van der Waals surface area (Å²) in [6, 6.07) is 0. The average molecular weight is 139 g/mol. The number of nitrogens with two attached hydrogens (primary N) is 1. The molecule has 0 spiro atoms. The first-order valence-corrected chi connectivity index (χ1v) is 4.14. The summed E-state index contributed by atoms with van der Waals surface area (Å²) < 4.78 is 0. The van der Waals surface area contributed by atoms with Crippen LogP contribution in [0, 0.1) is 5.92 Å². The summed E-state index contributed by atoms with van der Waals surface area (Å²) in [6.45, 7) is 4.18. The maximum atomic E-state index is 5.70. The third-order valence-corrected chi connectivity index (χ3v) is 2.59. The molecule has 0 heterocycles. The van der Waals surface area contributed by atoms with Gasteiger partial charge in [-0.05, 0) is 32.6 Å². The Kier molecular flexibility index (Phi) is 2.36. The zero-order valence-electron chi connectivity index (χ0n) is 6.98. The molecule has 1 nitrogen and oxygen atoms in total. The molecule has 1 rings (SSSR count). The Morgan fingerprint density at radius 3 is 2.10 bits per heavy atom. The number of allylic oxidation sites excluding steroid dienone is 2. The lowest BCUT2D eigenvalue weighted by Gasteiger charge is -2.10. The van der Waals surface area contributed by atoms with Gasteiger partial charge in [-0.25, -0.2) is 0 Å². The van der Waals surface area contributed by atoms with Gasteiger partial charge < -0.3 is 5.73 Å². The zero-order chi connectivity index (χ0) is 7.56. The fourth-order valence-corrected chi connectivity index (χ4v) is 1.68. The van der Waals surface area contributed by atoms with E-state index in [1.165, 1.54) is 31.3 Å². The second-order valence-electron chi connectivity index (χ2n) is 3.35. The van der Waals surface area contributed by atoms with E-state index >= 15 is 0 Å². The predicted octanol–water partition coefficient (Wildman–Crippen LogP) is 2.43. The fourth-order valence-electron chi connectivity index (χ4n) is 1.68. The van der Waals surface area contributed by atoms with Crippen LogP contribution in [0.4, 0.5) is 0 Å². The molecule has 0 saturated heterocycles. The van der Waals surface area contributed by atoms with E-state index in [0.29, 0.717) is 0 Å². The van der Waals surface area contributed by atoms with Gasteiger partial charge in [-0.1, -0.05) is 18.4 Å². The summed E-state index contributed by atoms with van der Waals surface area (Å²) in [5, 5.41) is 0. The largest absolute Gasteiger partial charge is 0.402 e. The summed E-state index contributed by atoms with van der Waals surface area (Å²) >= 11 is 0. The highest BCUT2D eigenvalue weighted by Gasteiger charge is 2.16. The number of rotatable bonds is 1. The SMILES string of the molecule is C/C(N)=C(/C)C1CCCC1. The van der Waals surface area contributed by atoms with Crippen molar-refractivity contribution >= 4 is 0 Å². The third-order valence-electron chi connectivity index (χ3n) is 2.59. The first-order chi connectivity index (χ1) is 4.72. The molecule has 1 saturated carbocycles. The van der Waals surface area contributed by atoms with E-state index in [0.717, 1.165) is 11.6 Å². The van der Waals surface area contributed by atoms with Crippen LogP contribution in [0.15, 0.2) is 11.3 Å². The molecule has 0 atom stereocenters. The van der Waals surface area contributed by atoms with Gasteiger partial charge in [0.15, 0.2) is 0 Å². The van der Waals surface area contributed by atoms with Crippen LogP contribution in [-0.4, -0.2) is 0 Å². The molecule has 0 aromatic rings. The average Bonchev–Trinajstić information content (AvgIpc) is 2.36. The predicted molar refractivity (Wildman–Crippen MR) is 44.5 cm³/mol. The van der Waals surface area contributed by atoms with Crippen molar-refractivity contribution in [2.75, 3.05) is 0 Å². The van der Waals surface area contributed by atoms with Crippen LogP contribution in [0.5, 0.6) is 0 Å². The van der Waals surface area contributed by atoms with Crippen LogP contribution >= 0.6 is 0 Å². The molecule has 0 unspecified atom stereocenters. The van der Waals surface area contributed by atoms with Gasteiger partial charge in [-0.2, -0.15) is 0 Å². The third kappa shape index (κ3) is 1.53. The molecule has 0 aliphatic heterocycles. The topological polar surface area (TPSA) is 26.0 Å². The zero-order valence-corrected chi connectivity index (χ0v) is 6.98. The van der Waals surface area contributed by atoms with E-state index in [1.54, 1.807) is 0 Å². The summed E-state index contributed by atoms with van der Waals surface area (Å²) in [4.78, 5) is 0. The maximum absolute atomic E-state index is 5.70. The van der Waals surface area contributed by atoms with Gasteiger partial charge >= 0.3 is 0 Å². The van der Waals surface area contributed by atoms with Crippen molar-refractivity contribution in [2.45, 2.75) is 39.5 Å². The first-order valence-electron chi connectivity index (χ1n) is 4.14.